The predicted octanol–water partition coefficient (Wildman–Crippen LogP) is 2.36. The molecule has 0 spiro atoms. The molecule has 1 aromatic carbocycles. The zero-order chi connectivity index (χ0) is 16.9. The number of ether oxygens (including phenoxy) is 1. The summed E-state index contributed by atoms with van der Waals surface area (Å²) in [6.07, 6.45) is 5.49. The minimum atomic E-state index is 0.423. The lowest BCUT2D eigenvalue weighted by Gasteiger charge is -2.23. The van der Waals surface area contributed by atoms with Gasteiger partial charge in [0.1, 0.15) is 24.5 Å². The molecule has 1 aliphatic heterocycles. The van der Waals surface area contributed by atoms with Crippen LogP contribution in [0.3, 0.4) is 0 Å². The molecule has 25 heavy (non-hydrogen) atoms. The van der Waals surface area contributed by atoms with Crippen molar-refractivity contribution in [3.63, 3.8) is 0 Å². The Kier molecular flexibility index (Phi) is 4.70. The third kappa shape index (κ3) is 4.03. The fraction of sp³-hybridized carbons (Fsp3) is 0.316. The molecule has 0 radical (unpaired) electrons. The van der Waals surface area contributed by atoms with E-state index in [1.807, 2.05) is 35.0 Å². The van der Waals surface area contributed by atoms with Gasteiger partial charge in [-0.05, 0) is 36.2 Å². The van der Waals surface area contributed by atoms with Crippen molar-refractivity contribution in [3.05, 3.63) is 72.1 Å². The highest BCUT2D eigenvalue weighted by Crippen LogP contribution is 2.16. The van der Waals surface area contributed by atoms with E-state index in [4.69, 9.17) is 4.74 Å². The normalized spacial score (nSPS) is 16.4. The van der Waals surface area contributed by atoms with Crippen LogP contribution in [-0.2, 0) is 26.1 Å². The van der Waals surface area contributed by atoms with Crippen molar-refractivity contribution in [2.75, 3.05) is 0 Å². The lowest BCUT2D eigenvalue weighted by molar-refractivity contribution is 0.300. The largest absolute Gasteiger partial charge is 0.487 e. The van der Waals surface area contributed by atoms with E-state index in [1.54, 1.807) is 12.5 Å². The maximum atomic E-state index is 5.85. The summed E-state index contributed by atoms with van der Waals surface area (Å²) in [4.78, 5) is 8.55. The van der Waals surface area contributed by atoms with Crippen molar-refractivity contribution in [1.82, 2.24) is 25.1 Å². The summed E-state index contributed by atoms with van der Waals surface area (Å²) in [5.41, 5.74) is 2.14. The quantitative estimate of drug-likeness (QED) is 0.749. The lowest BCUT2D eigenvalue weighted by atomic mass is 10.1. The number of fused-ring (bicyclic) bond motifs is 1. The fourth-order valence-electron chi connectivity index (χ4n) is 3.05. The second-order valence-electron chi connectivity index (χ2n) is 6.23. The first-order chi connectivity index (χ1) is 12.4. The van der Waals surface area contributed by atoms with Crippen LogP contribution >= 0.6 is 0 Å². The van der Waals surface area contributed by atoms with Crippen LogP contribution in [0.1, 0.15) is 23.5 Å². The van der Waals surface area contributed by atoms with Crippen LogP contribution in [0.4, 0.5) is 0 Å². The number of aryl methyl sites for hydroxylation is 1. The molecule has 6 nitrogen and oxygen atoms in total. The molecule has 1 aliphatic rings. The van der Waals surface area contributed by atoms with Gasteiger partial charge in [-0.15, -0.1) is 0 Å². The van der Waals surface area contributed by atoms with Crippen molar-refractivity contribution in [3.8, 4) is 5.75 Å². The maximum absolute atomic E-state index is 5.85. The predicted molar refractivity (Wildman–Crippen MR) is 94.0 cm³/mol. The number of benzene rings is 1. The Labute approximate surface area is 146 Å². The molecule has 6 heteroatoms. The minimum absolute atomic E-state index is 0.423. The Hall–Kier alpha value is -2.73. The van der Waals surface area contributed by atoms with Gasteiger partial charge in [0, 0.05) is 25.2 Å². The van der Waals surface area contributed by atoms with Crippen LogP contribution in [-0.4, -0.2) is 25.8 Å². The van der Waals surface area contributed by atoms with E-state index >= 15 is 0 Å². The van der Waals surface area contributed by atoms with Crippen molar-refractivity contribution < 1.29 is 4.74 Å². The highest BCUT2D eigenvalue weighted by Gasteiger charge is 2.19. The summed E-state index contributed by atoms with van der Waals surface area (Å²) in [5.74, 6) is 1.95. The topological polar surface area (TPSA) is 64.9 Å². The third-order valence-electron chi connectivity index (χ3n) is 4.41. The van der Waals surface area contributed by atoms with Gasteiger partial charge in [0.2, 0.25) is 0 Å². The molecule has 4 rings (SSSR count). The maximum Gasteiger partial charge on any atom is 0.138 e. The summed E-state index contributed by atoms with van der Waals surface area (Å²) in [5, 5.41) is 7.88. The number of nitrogens with zero attached hydrogens (tertiary/aromatic N) is 4. The number of pyridine rings is 1. The molecule has 0 bridgehead atoms. The molecule has 0 aliphatic carbocycles. The first-order valence-corrected chi connectivity index (χ1v) is 8.58. The van der Waals surface area contributed by atoms with Gasteiger partial charge in [-0.1, -0.05) is 18.2 Å². The van der Waals surface area contributed by atoms with E-state index in [0.29, 0.717) is 12.6 Å². The molecular formula is C19H21N5O. The van der Waals surface area contributed by atoms with E-state index in [-0.39, 0.29) is 0 Å². The fourth-order valence-corrected chi connectivity index (χ4v) is 3.05. The standard InChI is InChI=1S/C19H21N5O/c1-2-9-20-17(5-1)13-25-18-6-3-4-15(10-18)11-21-16-7-8-19-22-14-23-24(19)12-16/h1-6,9-10,14,16,21H,7-8,11-13H2/t16-/m1/s1. The van der Waals surface area contributed by atoms with E-state index < -0.39 is 0 Å². The number of hydrogen-bond acceptors (Lipinski definition) is 5. The summed E-state index contributed by atoms with van der Waals surface area (Å²) in [6, 6.07) is 14.5. The van der Waals surface area contributed by atoms with Crippen molar-refractivity contribution in [2.45, 2.75) is 38.6 Å². The summed E-state index contributed by atoms with van der Waals surface area (Å²) < 4.78 is 7.84. The van der Waals surface area contributed by atoms with Gasteiger partial charge >= 0.3 is 0 Å². The third-order valence-corrected chi connectivity index (χ3v) is 4.41. The summed E-state index contributed by atoms with van der Waals surface area (Å²) in [7, 11) is 0. The molecule has 128 valence electrons. The second kappa shape index (κ2) is 7.44. The first-order valence-electron chi connectivity index (χ1n) is 8.58. The second-order valence-corrected chi connectivity index (χ2v) is 6.23. The average molecular weight is 335 g/mol. The highest BCUT2D eigenvalue weighted by atomic mass is 16.5. The van der Waals surface area contributed by atoms with Crippen LogP contribution in [0.2, 0.25) is 0 Å². The van der Waals surface area contributed by atoms with Gasteiger partial charge in [-0.25, -0.2) is 9.67 Å². The van der Waals surface area contributed by atoms with E-state index in [0.717, 1.165) is 43.2 Å². The van der Waals surface area contributed by atoms with Gasteiger partial charge in [-0.2, -0.15) is 5.10 Å². The Morgan fingerprint density at radius 3 is 3.08 bits per heavy atom. The zero-order valence-electron chi connectivity index (χ0n) is 14.0. The summed E-state index contributed by atoms with van der Waals surface area (Å²) in [6.45, 7) is 2.18. The monoisotopic (exact) mass is 335 g/mol. The van der Waals surface area contributed by atoms with Crippen molar-refractivity contribution in [2.24, 2.45) is 0 Å². The first kappa shape index (κ1) is 15.8. The van der Waals surface area contributed by atoms with Crippen molar-refractivity contribution in [1.29, 1.82) is 0 Å². The smallest absolute Gasteiger partial charge is 0.138 e. The van der Waals surface area contributed by atoms with Gasteiger partial charge in [-0.3, -0.25) is 4.98 Å². The molecular weight excluding hydrogens is 314 g/mol. The number of aromatic nitrogens is 4. The zero-order valence-corrected chi connectivity index (χ0v) is 14.0. The van der Waals surface area contributed by atoms with Crippen LogP contribution in [0.25, 0.3) is 0 Å². The van der Waals surface area contributed by atoms with Gasteiger partial charge in [0.05, 0.1) is 12.2 Å². The molecule has 0 saturated heterocycles. The van der Waals surface area contributed by atoms with Gasteiger partial charge in [0.15, 0.2) is 0 Å². The van der Waals surface area contributed by atoms with Crippen LogP contribution in [0, 0.1) is 0 Å². The molecule has 0 fully saturated rings. The van der Waals surface area contributed by atoms with Gasteiger partial charge in [0.25, 0.3) is 0 Å². The van der Waals surface area contributed by atoms with Crippen molar-refractivity contribution >= 4 is 0 Å². The number of nitrogens with one attached hydrogen (secondary N) is 1. The molecule has 1 atom stereocenters. The van der Waals surface area contributed by atoms with Crippen LogP contribution < -0.4 is 10.1 Å². The highest BCUT2D eigenvalue weighted by molar-refractivity contribution is 5.28. The SMILES string of the molecule is c1ccc(COc2cccc(CN[C@@H]3CCc4ncnn4C3)c2)nc1. The Morgan fingerprint density at radius 1 is 1.16 bits per heavy atom. The Balaban J connectivity index is 1.31. The van der Waals surface area contributed by atoms with E-state index in [2.05, 4.69) is 32.5 Å². The molecule has 1 N–H and O–H groups in total. The van der Waals surface area contributed by atoms with Gasteiger partial charge < -0.3 is 10.1 Å². The molecule has 2 aromatic heterocycles. The van der Waals surface area contributed by atoms with E-state index in [9.17, 15) is 0 Å². The molecule has 0 unspecified atom stereocenters. The van der Waals surface area contributed by atoms with Crippen LogP contribution in [0.5, 0.6) is 5.75 Å². The Bertz CT molecular complexity index is 817. The van der Waals surface area contributed by atoms with E-state index in [1.165, 1.54) is 5.56 Å². The minimum Gasteiger partial charge on any atom is -0.487 e. The number of hydrogen-bond donors (Lipinski definition) is 1. The summed E-state index contributed by atoms with van der Waals surface area (Å²) >= 11 is 0. The Morgan fingerprint density at radius 2 is 2.16 bits per heavy atom. The number of rotatable bonds is 6. The molecule has 3 heterocycles. The van der Waals surface area contributed by atoms with Crippen LogP contribution in [0.15, 0.2) is 55.0 Å². The molecule has 0 amide bonds. The molecule has 0 saturated carbocycles. The average Bonchev–Trinajstić information content (AvgIpc) is 3.14. The lowest BCUT2D eigenvalue weighted by Crippen LogP contribution is -2.37. The molecule has 3 aromatic rings.